The Kier molecular flexibility index (Phi) is 4.80. The van der Waals surface area contributed by atoms with Crippen LogP contribution in [-0.2, 0) is 11.2 Å². The average molecular weight is 356 g/mol. The zero-order chi connectivity index (χ0) is 18.7. The molecule has 3 aromatic rings. The Morgan fingerprint density at radius 1 is 0.769 bits per heavy atom. The summed E-state index contributed by atoms with van der Waals surface area (Å²) in [5.41, 5.74) is 8.39. The summed E-state index contributed by atoms with van der Waals surface area (Å²) in [6.45, 7) is 0. The summed E-state index contributed by atoms with van der Waals surface area (Å²) in [5, 5.41) is 7.12. The molecule has 0 radical (unpaired) electrons. The molecule has 2 nitrogen and oxygen atoms in total. The van der Waals surface area contributed by atoms with Gasteiger partial charge >= 0.3 is 12.1 Å². The third-order valence-corrected chi connectivity index (χ3v) is 4.18. The lowest BCUT2D eigenvalue weighted by Crippen LogP contribution is -2.21. The number of rotatable bonds is 1. The number of benzene rings is 3. The normalized spacial score (nSPS) is 11.8. The van der Waals surface area contributed by atoms with Gasteiger partial charge in [0.2, 0.25) is 0 Å². The first-order chi connectivity index (χ1) is 12.4. The number of carbonyl (C=O) groups is 1. The summed E-state index contributed by atoms with van der Waals surface area (Å²) in [7, 11) is 0. The van der Waals surface area contributed by atoms with E-state index in [1.54, 1.807) is 0 Å². The fraction of sp³-hybridized carbons (Fsp3) is 0.0952. The Bertz CT molecular complexity index is 931. The molecule has 0 unspecified atom stereocenters. The summed E-state index contributed by atoms with van der Waals surface area (Å²) in [5.74, 6) is -2.76. The number of alkyl halides is 3. The minimum absolute atomic E-state index is 1.05. The Morgan fingerprint density at radius 2 is 1.31 bits per heavy atom. The smallest absolute Gasteiger partial charge is 0.475 e. The highest BCUT2D eigenvalue weighted by molar-refractivity contribution is 5.84. The quantitative estimate of drug-likeness (QED) is 0.485. The third kappa shape index (κ3) is 3.61. The van der Waals surface area contributed by atoms with Gasteiger partial charge in [-0.2, -0.15) is 13.2 Å². The van der Waals surface area contributed by atoms with Crippen LogP contribution in [0.25, 0.3) is 22.3 Å². The number of carboxylic acids is 1. The van der Waals surface area contributed by atoms with Crippen molar-refractivity contribution in [3.05, 3.63) is 83.9 Å². The minimum Gasteiger partial charge on any atom is -0.475 e. The van der Waals surface area contributed by atoms with E-state index in [-0.39, 0.29) is 0 Å². The maximum absolute atomic E-state index is 10.6. The van der Waals surface area contributed by atoms with Crippen LogP contribution in [0.2, 0.25) is 0 Å². The zero-order valence-electron chi connectivity index (χ0n) is 13.6. The highest BCUT2D eigenvalue weighted by Crippen LogP contribution is 2.41. The second kappa shape index (κ2) is 7.04. The SMILES string of the molecule is O=C(O)C(F)(F)F.c1ccc(-c2cccc3c2Cc2ccccc2-3)cc1. The molecule has 0 amide bonds. The molecule has 1 aliphatic rings. The van der Waals surface area contributed by atoms with Gasteiger partial charge in [-0.25, -0.2) is 4.79 Å². The van der Waals surface area contributed by atoms with Gasteiger partial charge in [0, 0.05) is 0 Å². The van der Waals surface area contributed by atoms with Crippen molar-refractivity contribution >= 4 is 5.97 Å². The van der Waals surface area contributed by atoms with Crippen molar-refractivity contribution in [1.82, 2.24) is 0 Å². The van der Waals surface area contributed by atoms with E-state index < -0.39 is 12.1 Å². The molecule has 3 aromatic carbocycles. The van der Waals surface area contributed by atoms with Crippen molar-refractivity contribution in [2.75, 3.05) is 0 Å². The van der Waals surface area contributed by atoms with Gasteiger partial charge in [0.05, 0.1) is 0 Å². The van der Waals surface area contributed by atoms with Crippen LogP contribution in [0.4, 0.5) is 13.2 Å². The van der Waals surface area contributed by atoms with Crippen LogP contribution in [0.5, 0.6) is 0 Å². The third-order valence-electron chi connectivity index (χ3n) is 4.18. The lowest BCUT2D eigenvalue weighted by atomic mass is 9.96. The largest absolute Gasteiger partial charge is 0.490 e. The Hall–Kier alpha value is -3.08. The molecule has 5 heteroatoms. The van der Waals surface area contributed by atoms with Gasteiger partial charge < -0.3 is 5.11 Å². The van der Waals surface area contributed by atoms with Gasteiger partial charge in [0.25, 0.3) is 0 Å². The highest BCUT2D eigenvalue weighted by atomic mass is 19.4. The fourth-order valence-corrected chi connectivity index (χ4v) is 3.05. The topological polar surface area (TPSA) is 37.3 Å². The number of halogens is 3. The molecule has 0 aromatic heterocycles. The molecule has 0 spiro atoms. The van der Waals surface area contributed by atoms with Crippen LogP contribution in [0.3, 0.4) is 0 Å². The van der Waals surface area contributed by atoms with E-state index in [0.717, 1.165) is 6.42 Å². The monoisotopic (exact) mass is 356 g/mol. The summed E-state index contributed by atoms with van der Waals surface area (Å²) in [6.07, 6.45) is -4.03. The van der Waals surface area contributed by atoms with E-state index in [9.17, 15) is 13.2 Å². The zero-order valence-corrected chi connectivity index (χ0v) is 13.6. The standard InChI is InChI=1S/C19H14.C2HF3O2/c1-2-7-14(8-3-1)16-11-6-12-18-17-10-5-4-9-15(17)13-19(16)18;3-2(4,5)1(6)7/h1-12H,13H2;(H,6,7). The maximum Gasteiger partial charge on any atom is 0.490 e. The van der Waals surface area contributed by atoms with Crippen LogP contribution < -0.4 is 0 Å². The molecule has 26 heavy (non-hydrogen) atoms. The number of aliphatic carboxylic acids is 1. The van der Waals surface area contributed by atoms with Gasteiger partial charge in [0.1, 0.15) is 0 Å². The predicted molar refractivity (Wildman–Crippen MR) is 93.8 cm³/mol. The molecule has 132 valence electrons. The van der Waals surface area contributed by atoms with E-state index in [0.29, 0.717) is 0 Å². The molecule has 0 aliphatic heterocycles. The van der Waals surface area contributed by atoms with Crippen molar-refractivity contribution in [3.8, 4) is 22.3 Å². The number of carboxylic acid groups (broad SMARTS) is 1. The van der Waals surface area contributed by atoms with Gasteiger partial charge in [-0.1, -0.05) is 72.8 Å². The molecule has 0 saturated carbocycles. The molecule has 1 N–H and O–H groups in total. The van der Waals surface area contributed by atoms with E-state index in [4.69, 9.17) is 9.90 Å². The van der Waals surface area contributed by atoms with Gasteiger partial charge in [0.15, 0.2) is 0 Å². The lowest BCUT2D eigenvalue weighted by Gasteiger charge is -2.08. The first-order valence-corrected chi connectivity index (χ1v) is 7.93. The summed E-state index contributed by atoms with van der Waals surface area (Å²) >= 11 is 0. The van der Waals surface area contributed by atoms with Crippen LogP contribution >= 0.6 is 0 Å². The van der Waals surface area contributed by atoms with E-state index in [1.807, 2.05) is 0 Å². The van der Waals surface area contributed by atoms with Gasteiger partial charge in [-0.3, -0.25) is 0 Å². The van der Waals surface area contributed by atoms with E-state index in [1.165, 1.54) is 33.4 Å². The second-order valence-electron chi connectivity index (χ2n) is 5.83. The molecule has 4 rings (SSSR count). The first kappa shape index (κ1) is 17.7. The molecular formula is C21H15F3O2. The summed E-state index contributed by atoms with van der Waals surface area (Å²) < 4.78 is 31.7. The molecule has 0 saturated heterocycles. The van der Waals surface area contributed by atoms with Crippen LogP contribution in [0, 0.1) is 0 Å². The van der Waals surface area contributed by atoms with Gasteiger partial charge in [-0.15, -0.1) is 0 Å². The lowest BCUT2D eigenvalue weighted by molar-refractivity contribution is -0.192. The Labute approximate surface area is 148 Å². The minimum atomic E-state index is -5.08. The number of hydrogen-bond donors (Lipinski definition) is 1. The summed E-state index contributed by atoms with van der Waals surface area (Å²) in [6, 6.07) is 26.1. The summed E-state index contributed by atoms with van der Waals surface area (Å²) in [4.78, 5) is 8.90. The molecular weight excluding hydrogens is 341 g/mol. The second-order valence-corrected chi connectivity index (χ2v) is 5.83. The van der Waals surface area contributed by atoms with Crippen molar-refractivity contribution in [1.29, 1.82) is 0 Å². The van der Waals surface area contributed by atoms with E-state index in [2.05, 4.69) is 72.8 Å². The van der Waals surface area contributed by atoms with Crippen LogP contribution in [-0.4, -0.2) is 17.3 Å². The fourth-order valence-electron chi connectivity index (χ4n) is 3.05. The molecule has 0 fully saturated rings. The number of fused-ring (bicyclic) bond motifs is 3. The van der Waals surface area contributed by atoms with Crippen molar-refractivity contribution in [3.63, 3.8) is 0 Å². The molecule has 1 aliphatic carbocycles. The maximum atomic E-state index is 10.6. The molecule has 0 heterocycles. The van der Waals surface area contributed by atoms with Gasteiger partial charge in [-0.05, 0) is 39.8 Å². The Morgan fingerprint density at radius 3 is 1.96 bits per heavy atom. The van der Waals surface area contributed by atoms with E-state index >= 15 is 0 Å². The average Bonchev–Trinajstić information content (AvgIpc) is 3.01. The first-order valence-electron chi connectivity index (χ1n) is 7.93. The predicted octanol–water partition coefficient (Wildman–Crippen LogP) is 5.56. The van der Waals surface area contributed by atoms with Crippen molar-refractivity contribution in [2.45, 2.75) is 12.6 Å². The molecule has 0 atom stereocenters. The highest BCUT2D eigenvalue weighted by Gasteiger charge is 2.38. The van der Waals surface area contributed by atoms with Crippen molar-refractivity contribution < 1.29 is 23.1 Å². The molecule has 0 bridgehead atoms. The van der Waals surface area contributed by atoms with Crippen LogP contribution in [0.15, 0.2) is 72.8 Å². The number of hydrogen-bond acceptors (Lipinski definition) is 1. The van der Waals surface area contributed by atoms with Crippen molar-refractivity contribution in [2.24, 2.45) is 0 Å². The Balaban J connectivity index is 0.000000242. The van der Waals surface area contributed by atoms with Crippen LogP contribution in [0.1, 0.15) is 11.1 Å².